The number of likely N-dealkylation sites (tertiary alicyclic amines) is 1. The predicted octanol–water partition coefficient (Wildman–Crippen LogP) is 4.64. The van der Waals surface area contributed by atoms with Crippen molar-refractivity contribution in [1.29, 1.82) is 0 Å². The minimum absolute atomic E-state index is 0.143. The van der Waals surface area contributed by atoms with Crippen LogP contribution in [0.3, 0.4) is 0 Å². The van der Waals surface area contributed by atoms with E-state index in [1.807, 2.05) is 24.3 Å². The fraction of sp³-hybridized carbons (Fsp3) is 0.286. The molecule has 1 N–H and O–H groups in total. The van der Waals surface area contributed by atoms with Crippen LogP contribution in [0.4, 0.5) is 14.9 Å². The average molecular weight is 396 g/mol. The zero-order valence-electron chi connectivity index (χ0n) is 16.0. The highest BCUT2D eigenvalue weighted by Gasteiger charge is 2.32. The van der Waals surface area contributed by atoms with Crippen LogP contribution in [0.15, 0.2) is 53.1 Å². The van der Waals surface area contributed by atoms with Gasteiger partial charge in [-0.3, -0.25) is 0 Å². The van der Waals surface area contributed by atoms with E-state index in [9.17, 15) is 9.18 Å². The molecular formula is C21H21FN4O3. The number of halogens is 1. The Morgan fingerprint density at radius 1 is 1.24 bits per heavy atom. The van der Waals surface area contributed by atoms with Crippen molar-refractivity contribution in [3.63, 3.8) is 0 Å². The van der Waals surface area contributed by atoms with Crippen molar-refractivity contribution < 1.29 is 18.4 Å². The fourth-order valence-corrected chi connectivity index (χ4v) is 3.43. The van der Waals surface area contributed by atoms with Gasteiger partial charge >= 0.3 is 6.03 Å². The summed E-state index contributed by atoms with van der Waals surface area (Å²) in [6.07, 6.45) is 2.49. The van der Waals surface area contributed by atoms with Gasteiger partial charge in [0.2, 0.25) is 11.7 Å². The largest absolute Gasteiger partial charge is 0.497 e. The summed E-state index contributed by atoms with van der Waals surface area (Å²) in [5.74, 6) is 1.01. The van der Waals surface area contributed by atoms with Crippen LogP contribution < -0.4 is 10.1 Å². The van der Waals surface area contributed by atoms with E-state index >= 15 is 0 Å². The number of nitrogens with zero attached hydrogens (tertiary/aromatic N) is 3. The Morgan fingerprint density at radius 2 is 2.10 bits per heavy atom. The number of para-hydroxylation sites is 1. The second-order valence-electron chi connectivity index (χ2n) is 6.80. The van der Waals surface area contributed by atoms with Gasteiger partial charge in [0, 0.05) is 12.1 Å². The monoisotopic (exact) mass is 396 g/mol. The van der Waals surface area contributed by atoms with E-state index in [1.165, 1.54) is 12.1 Å². The first-order valence-corrected chi connectivity index (χ1v) is 9.46. The standard InChI is InChI=1S/C21H21FN4O3/c1-28-15-8-6-7-14(13-15)19-24-20(29-25-19)18-11-4-5-12-26(18)21(27)23-17-10-3-2-9-16(17)22/h2-3,6-10,13,18H,4-5,11-12H2,1H3,(H,23,27)/t18-/m1/s1. The Balaban J connectivity index is 1.55. The average Bonchev–Trinajstić information content (AvgIpc) is 3.25. The van der Waals surface area contributed by atoms with Crippen molar-refractivity contribution in [2.45, 2.75) is 25.3 Å². The van der Waals surface area contributed by atoms with Gasteiger partial charge in [-0.25, -0.2) is 9.18 Å². The number of carbonyl (C=O) groups is 1. The first-order valence-electron chi connectivity index (χ1n) is 9.46. The number of anilines is 1. The zero-order valence-corrected chi connectivity index (χ0v) is 16.0. The molecule has 7 nitrogen and oxygen atoms in total. The number of benzene rings is 2. The van der Waals surface area contributed by atoms with E-state index in [4.69, 9.17) is 9.26 Å². The van der Waals surface area contributed by atoms with E-state index < -0.39 is 5.82 Å². The van der Waals surface area contributed by atoms with Crippen molar-refractivity contribution in [3.05, 3.63) is 60.2 Å². The summed E-state index contributed by atoms with van der Waals surface area (Å²) in [5, 5.41) is 6.71. The summed E-state index contributed by atoms with van der Waals surface area (Å²) >= 11 is 0. The fourth-order valence-electron chi connectivity index (χ4n) is 3.43. The van der Waals surface area contributed by atoms with Gasteiger partial charge in [0.15, 0.2) is 0 Å². The molecule has 29 heavy (non-hydrogen) atoms. The zero-order chi connectivity index (χ0) is 20.2. The van der Waals surface area contributed by atoms with Crippen LogP contribution in [-0.2, 0) is 0 Å². The number of aromatic nitrogens is 2. The lowest BCUT2D eigenvalue weighted by Gasteiger charge is -2.33. The number of methoxy groups -OCH3 is 1. The maximum absolute atomic E-state index is 13.9. The van der Waals surface area contributed by atoms with Crippen molar-refractivity contribution >= 4 is 11.7 Å². The molecule has 0 spiro atoms. The highest BCUT2D eigenvalue weighted by Crippen LogP contribution is 2.32. The van der Waals surface area contributed by atoms with E-state index in [0.29, 0.717) is 30.4 Å². The van der Waals surface area contributed by atoms with Gasteiger partial charge in [-0.1, -0.05) is 29.4 Å². The van der Waals surface area contributed by atoms with Gasteiger partial charge in [0.25, 0.3) is 0 Å². The van der Waals surface area contributed by atoms with Crippen LogP contribution in [0.25, 0.3) is 11.4 Å². The number of hydrogen-bond donors (Lipinski definition) is 1. The third-order valence-electron chi connectivity index (χ3n) is 4.93. The minimum Gasteiger partial charge on any atom is -0.497 e. The molecule has 0 unspecified atom stereocenters. The number of rotatable bonds is 4. The van der Waals surface area contributed by atoms with E-state index in [1.54, 1.807) is 24.1 Å². The molecule has 2 amide bonds. The molecule has 1 aliphatic heterocycles. The molecule has 0 aliphatic carbocycles. The molecule has 1 atom stereocenters. The van der Waals surface area contributed by atoms with E-state index in [0.717, 1.165) is 18.4 Å². The van der Waals surface area contributed by atoms with Gasteiger partial charge < -0.3 is 19.5 Å². The van der Waals surface area contributed by atoms with Crippen molar-refractivity contribution in [2.75, 3.05) is 19.0 Å². The van der Waals surface area contributed by atoms with Gasteiger partial charge in [-0.15, -0.1) is 0 Å². The summed E-state index contributed by atoms with van der Waals surface area (Å²) < 4.78 is 24.6. The molecule has 0 saturated carbocycles. The molecule has 1 saturated heterocycles. The molecule has 150 valence electrons. The molecule has 2 aromatic carbocycles. The number of carbonyl (C=O) groups excluding carboxylic acids is 1. The number of nitrogens with one attached hydrogen (secondary N) is 1. The highest BCUT2D eigenvalue weighted by atomic mass is 19.1. The molecule has 8 heteroatoms. The quantitative estimate of drug-likeness (QED) is 0.695. The lowest BCUT2D eigenvalue weighted by Crippen LogP contribution is -2.41. The molecule has 0 bridgehead atoms. The van der Waals surface area contributed by atoms with Crippen LogP contribution in [0, 0.1) is 5.82 Å². The number of amides is 2. The predicted molar refractivity (Wildman–Crippen MR) is 105 cm³/mol. The SMILES string of the molecule is COc1cccc(-c2noc([C@H]3CCCCN3C(=O)Nc3ccccc3F)n2)c1. The smallest absolute Gasteiger partial charge is 0.322 e. The lowest BCUT2D eigenvalue weighted by molar-refractivity contribution is 0.142. The van der Waals surface area contributed by atoms with E-state index in [2.05, 4.69) is 15.5 Å². The number of urea groups is 1. The second kappa shape index (κ2) is 8.30. The number of ether oxygens (including phenoxy) is 1. The first kappa shape index (κ1) is 18.9. The summed E-state index contributed by atoms with van der Waals surface area (Å²) in [4.78, 5) is 18.9. The number of hydrogen-bond acceptors (Lipinski definition) is 5. The molecule has 1 aliphatic rings. The molecule has 1 aromatic heterocycles. The molecule has 2 heterocycles. The van der Waals surface area contributed by atoms with E-state index in [-0.39, 0.29) is 17.8 Å². The highest BCUT2D eigenvalue weighted by molar-refractivity contribution is 5.89. The first-order chi connectivity index (χ1) is 14.2. The van der Waals surface area contributed by atoms with Crippen LogP contribution in [0.1, 0.15) is 31.2 Å². The summed E-state index contributed by atoms with van der Waals surface area (Å²) in [7, 11) is 1.59. The van der Waals surface area contributed by atoms with Crippen molar-refractivity contribution in [1.82, 2.24) is 15.0 Å². The summed E-state index contributed by atoms with van der Waals surface area (Å²) in [5.41, 5.74) is 0.905. The maximum Gasteiger partial charge on any atom is 0.322 e. The Morgan fingerprint density at radius 3 is 2.93 bits per heavy atom. The van der Waals surface area contributed by atoms with Gasteiger partial charge in [0.1, 0.15) is 17.6 Å². The third kappa shape index (κ3) is 4.06. The topological polar surface area (TPSA) is 80.5 Å². The van der Waals surface area contributed by atoms with Crippen LogP contribution >= 0.6 is 0 Å². The van der Waals surface area contributed by atoms with Gasteiger partial charge in [0.05, 0.1) is 12.8 Å². The third-order valence-corrected chi connectivity index (χ3v) is 4.93. The molecule has 4 rings (SSSR count). The minimum atomic E-state index is -0.479. The second-order valence-corrected chi connectivity index (χ2v) is 6.80. The molecule has 0 radical (unpaired) electrons. The Kier molecular flexibility index (Phi) is 5.41. The van der Waals surface area contributed by atoms with Crippen molar-refractivity contribution in [3.8, 4) is 17.1 Å². The summed E-state index contributed by atoms with van der Waals surface area (Å²) in [6.45, 7) is 0.530. The van der Waals surface area contributed by atoms with Crippen LogP contribution in [-0.4, -0.2) is 34.7 Å². The maximum atomic E-state index is 13.9. The number of piperidine rings is 1. The van der Waals surface area contributed by atoms with Crippen molar-refractivity contribution in [2.24, 2.45) is 0 Å². The lowest BCUT2D eigenvalue weighted by atomic mass is 10.0. The molecular weight excluding hydrogens is 375 g/mol. The van der Waals surface area contributed by atoms with Crippen LogP contribution in [0.2, 0.25) is 0 Å². The Bertz CT molecular complexity index is 1010. The Hall–Kier alpha value is -3.42. The normalized spacial score (nSPS) is 16.5. The van der Waals surface area contributed by atoms with Crippen LogP contribution in [0.5, 0.6) is 5.75 Å². The van der Waals surface area contributed by atoms with Gasteiger partial charge in [-0.2, -0.15) is 4.98 Å². The Labute approximate surface area is 167 Å². The summed E-state index contributed by atoms with van der Waals surface area (Å²) in [6, 6.07) is 12.7. The molecule has 1 fully saturated rings. The molecule has 3 aromatic rings. The van der Waals surface area contributed by atoms with Gasteiger partial charge in [-0.05, 0) is 43.5 Å².